The van der Waals surface area contributed by atoms with Gasteiger partial charge >= 0.3 is 5.97 Å². The van der Waals surface area contributed by atoms with Gasteiger partial charge in [-0.25, -0.2) is 0 Å². The number of rotatable bonds is 4. The molecule has 0 radical (unpaired) electrons. The number of benzene rings is 1. The van der Waals surface area contributed by atoms with Crippen molar-refractivity contribution in [3.05, 3.63) is 40.0 Å². The van der Waals surface area contributed by atoms with Crippen LogP contribution in [-0.4, -0.2) is 93.5 Å². The SMILES string of the molecule is C[C@H]1O[C@H](CC(=O)O)[C@H](O)C2=C1C(=O)c1ccc([C@H]3C[C@@H](N(C)C)[C@H](O)[C@@H](C)O3)c(O)c1C2=O. The first-order chi connectivity index (χ1) is 15.9. The lowest BCUT2D eigenvalue weighted by atomic mass is 9.75. The highest BCUT2D eigenvalue weighted by Crippen LogP contribution is 2.44. The van der Waals surface area contributed by atoms with E-state index in [9.17, 15) is 29.7 Å². The zero-order valence-corrected chi connectivity index (χ0v) is 19.4. The van der Waals surface area contributed by atoms with Crippen molar-refractivity contribution in [2.75, 3.05) is 14.1 Å². The van der Waals surface area contributed by atoms with Gasteiger partial charge in [0.25, 0.3) is 0 Å². The van der Waals surface area contributed by atoms with Gasteiger partial charge in [-0.2, -0.15) is 0 Å². The number of carboxylic acids is 1. The fraction of sp³-hybridized carbons (Fsp3) is 0.542. The number of Topliss-reactive ketones (excluding diaryl/α,β-unsaturated/α-hetero) is 2. The highest BCUT2D eigenvalue weighted by Gasteiger charge is 2.47. The van der Waals surface area contributed by atoms with Gasteiger partial charge in [0.2, 0.25) is 0 Å². The molecule has 1 saturated heterocycles. The summed E-state index contributed by atoms with van der Waals surface area (Å²) in [5.74, 6) is -2.95. The van der Waals surface area contributed by atoms with Gasteiger partial charge < -0.3 is 34.8 Å². The van der Waals surface area contributed by atoms with Crippen LogP contribution in [0.1, 0.15) is 59.1 Å². The Balaban J connectivity index is 1.76. The number of likely N-dealkylation sites (N-methyl/N-ethyl adjacent to an activating group) is 1. The third kappa shape index (κ3) is 3.85. The second-order valence-electron chi connectivity index (χ2n) is 9.36. The third-order valence-electron chi connectivity index (χ3n) is 6.99. The van der Waals surface area contributed by atoms with Crippen LogP contribution < -0.4 is 0 Å². The molecule has 184 valence electrons. The van der Waals surface area contributed by atoms with E-state index < -0.39 is 66.3 Å². The largest absolute Gasteiger partial charge is 0.507 e. The number of fused-ring (bicyclic) bond motifs is 1. The first-order valence-corrected chi connectivity index (χ1v) is 11.2. The van der Waals surface area contributed by atoms with Gasteiger partial charge in [-0.05, 0) is 40.4 Å². The first-order valence-electron chi connectivity index (χ1n) is 11.2. The molecule has 4 N–H and O–H groups in total. The zero-order chi connectivity index (χ0) is 25.1. The summed E-state index contributed by atoms with van der Waals surface area (Å²) < 4.78 is 11.5. The number of aliphatic hydroxyl groups excluding tert-OH is 2. The summed E-state index contributed by atoms with van der Waals surface area (Å²) in [7, 11) is 3.65. The molecule has 1 aliphatic carbocycles. The second-order valence-corrected chi connectivity index (χ2v) is 9.36. The Labute approximate surface area is 196 Å². The molecular weight excluding hydrogens is 446 g/mol. The molecule has 10 heteroatoms. The molecule has 0 spiro atoms. The highest BCUT2D eigenvalue weighted by atomic mass is 16.5. The van der Waals surface area contributed by atoms with Gasteiger partial charge in [-0.3, -0.25) is 14.4 Å². The predicted molar refractivity (Wildman–Crippen MR) is 118 cm³/mol. The number of hydrogen-bond donors (Lipinski definition) is 4. The van der Waals surface area contributed by atoms with Gasteiger partial charge in [-0.1, -0.05) is 6.07 Å². The molecule has 0 saturated carbocycles. The van der Waals surface area contributed by atoms with Crippen molar-refractivity contribution in [2.24, 2.45) is 0 Å². The maximum absolute atomic E-state index is 13.5. The van der Waals surface area contributed by atoms with E-state index in [-0.39, 0.29) is 28.3 Å². The first kappa shape index (κ1) is 24.5. The number of carbonyl (C=O) groups is 3. The molecule has 10 nitrogen and oxygen atoms in total. The zero-order valence-electron chi connectivity index (χ0n) is 19.4. The molecule has 1 aromatic rings. The number of aliphatic hydroxyl groups is 2. The minimum Gasteiger partial charge on any atom is -0.507 e. The van der Waals surface area contributed by atoms with E-state index in [2.05, 4.69) is 0 Å². The van der Waals surface area contributed by atoms with Crippen LogP contribution in [0.15, 0.2) is 23.3 Å². The number of phenolic OH excluding ortho intramolecular Hbond substituents is 1. The van der Waals surface area contributed by atoms with Crippen LogP contribution in [0.5, 0.6) is 5.75 Å². The van der Waals surface area contributed by atoms with Crippen molar-refractivity contribution in [3.8, 4) is 5.75 Å². The van der Waals surface area contributed by atoms with Gasteiger partial charge in [-0.15, -0.1) is 0 Å². The van der Waals surface area contributed by atoms with Crippen molar-refractivity contribution in [2.45, 2.75) is 69.4 Å². The molecule has 34 heavy (non-hydrogen) atoms. The summed E-state index contributed by atoms with van der Waals surface area (Å²) in [6.07, 6.45) is -5.88. The quantitative estimate of drug-likeness (QED) is 0.492. The Morgan fingerprint density at radius 1 is 1.09 bits per heavy atom. The van der Waals surface area contributed by atoms with Crippen molar-refractivity contribution in [1.29, 1.82) is 0 Å². The van der Waals surface area contributed by atoms with E-state index in [4.69, 9.17) is 14.6 Å². The van der Waals surface area contributed by atoms with Crippen molar-refractivity contribution in [3.63, 3.8) is 0 Å². The van der Waals surface area contributed by atoms with Crippen LogP contribution in [0.25, 0.3) is 0 Å². The Kier molecular flexibility index (Phi) is 6.38. The molecular formula is C24H29NO9. The third-order valence-corrected chi connectivity index (χ3v) is 6.99. The molecule has 2 heterocycles. The van der Waals surface area contributed by atoms with Crippen LogP contribution in [-0.2, 0) is 14.3 Å². The Morgan fingerprint density at radius 3 is 2.38 bits per heavy atom. The number of carbonyl (C=O) groups excluding carboxylic acids is 2. The Hall–Kier alpha value is -2.63. The molecule has 7 atom stereocenters. The smallest absolute Gasteiger partial charge is 0.306 e. The average Bonchev–Trinajstić information content (AvgIpc) is 2.75. The van der Waals surface area contributed by atoms with Crippen molar-refractivity contribution < 1.29 is 44.3 Å². The molecule has 1 aromatic carbocycles. The molecule has 2 aliphatic heterocycles. The van der Waals surface area contributed by atoms with Gasteiger partial charge in [0, 0.05) is 28.3 Å². The Morgan fingerprint density at radius 2 is 1.76 bits per heavy atom. The summed E-state index contributed by atoms with van der Waals surface area (Å²) in [6, 6.07) is 2.72. The summed E-state index contributed by atoms with van der Waals surface area (Å²) in [4.78, 5) is 39.8. The molecule has 4 rings (SSSR count). The minimum absolute atomic E-state index is 0.0163. The van der Waals surface area contributed by atoms with E-state index in [1.165, 1.54) is 19.1 Å². The molecule has 0 unspecified atom stereocenters. The van der Waals surface area contributed by atoms with Gasteiger partial charge in [0.1, 0.15) is 11.9 Å². The Bertz CT molecular complexity index is 1080. The fourth-order valence-electron chi connectivity index (χ4n) is 5.21. The lowest BCUT2D eigenvalue weighted by Crippen LogP contribution is -2.50. The molecule has 0 aromatic heterocycles. The van der Waals surface area contributed by atoms with E-state index >= 15 is 0 Å². The second kappa shape index (κ2) is 8.86. The van der Waals surface area contributed by atoms with E-state index in [0.717, 1.165) is 0 Å². The number of aromatic hydroxyl groups is 1. The maximum atomic E-state index is 13.5. The lowest BCUT2D eigenvalue weighted by Gasteiger charge is -2.41. The average molecular weight is 475 g/mol. The van der Waals surface area contributed by atoms with E-state index in [1.54, 1.807) is 6.92 Å². The standard InChI is InChI=1S/C24H29NO9/c1-9-17-19(23(31)15(33-9)8-16(26)27)24(32)18-12(22(17)30)6-5-11(21(18)29)14-7-13(25(3)4)20(28)10(2)34-14/h5-6,9-10,13-15,20,23,28-29,31H,7-8H2,1-4H3,(H,26,27)/t9-,10-,13-,14-,15-,20-,23+/m1/s1. The molecule has 0 amide bonds. The fourth-order valence-corrected chi connectivity index (χ4v) is 5.21. The number of nitrogens with zero attached hydrogens (tertiary/aromatic N) is 1. The summed E-state index contributed by atoms with van der Waals surface area (Å²) in [5, 5.41) is 41.5. The summed E-state index contributed by atoms with van der Waals surface area (Å²) in [6.45, 7) is 3.24. The number of hydrogen-bond acceptors (Lipinski definition) is 9. The van der Waals surface area contributed by atoms with Crippen LogP contribution in [0, 0.1) is 0 Å². The number of phenols is 1. The van der Waals surface area contributed by atoms with Crippen LogP contribution in [0.3, 0.4) is 0 Å². The van der Waals surface area contributed by atoms with Crippen LogP contribution >= 0.6 is 0 Å². The molecule has 0 bridgehead atoms. The van der Waals surface area contributed by atoms with Crippen LogP contribution in [0.2, 0.25) is 0 Å². The number of carboxylic acid groups (broad SMARTS) is 1. The lowest BCUT2D eigenvalue weighted by molar-refractivity contribution is -0.144. The van der Waals surface area contributed by atoms with Crippen molar-refractivity contribution >= 4 is 17.5 Å². The normalized spacial score (nSPS) is 33.7. The molecule has 1 fully saturated rings. The highest BCUT2D eigenvalue weighted by molar-refractivity contribution is 6.29. The van der Waals surface area contributed by atoms with Crippen LogP contribution in [0.4, 0.5) is 0 Å². The summed E-state index contributed by atoms with van der Waals surface area (Å²) in [5.41, 5.74) is -0.234. The number of ether oxygens (including phenoxy) is 2. The minimum atomic E-state index is -1.63. The summed E-state index contributed by atoms with van der Waals surface area (Å²) >= 11 is 0. The predicted octanol–water partition coefficient (Wildman–Crippen LogP) is 0.832. The van der Waals surface area contributed by atoms with Gasteiger partial charge in [0.15, 0.2) is 11.6 Å². The van der Waals surface area contributed by atoms with Crippen molar-refractivity contribution in [1.82, 2.24) is 4.90 Å². The van der Waals surface area contributed by atoms with E-state index in [0.29, 0.717) is 12.0 Å². The monoisotopic (exact) mass is 475 g/mol. The molecule has 3 aliphatic rings. The topological polar surface area (TPSA) is 154 Å². The van der Waals surface area contributed by atoms with E-state index in [1.807, 2.05) is 19.0 Å². The number of ketones is 2. The number of aliphatic carboxylic acids is 1. The maximum Gasteiger partial charge on any atom is 0.306 e. The van der Waals surface area contributed by atoms with Gasteiger partial charge in [0.05, 0.1) is 42.5 Å².